The van der Waals surface area contributed by atoms with Crippen LogP contribution in [0.1, 0.15) is 20.3 Å². The molecule has 0 aromatic carbocycles. The molecule has 1 atom stereocenters. The van der Waals surface area contributed by atoms with Crippen LogP contribution in [-0.4, -0.2) is 49.6 Å². The summed E-state index contributed by atoms with van der Waals surface area (Å²) in [6, 6.07) is 0.795. The second kappa shape index (κ2) is 4.24. The molecule has 1 heterocycles. The predicted molar refractivity (Wildman–Crippen MR) is 53.4 cm³/mol. The van der Waals surface area contributed by atoms with Crippen LogP contribution in [0, 0.1) is 5.92 Å². The first-order valence-electron chi connectivity index (χ1n) is 4.98. The van der Waals surface area contributed by atoms with Gasteiger partial charge in [0.2, 0.25) is 0 Å². The van der Waals surface area contributed by atoms with Gasteiger partial charge in [0, 0.05) is 19.1 Å². The molecule has 0 saturated carbocycles. The highest BCUT2D eigenvalue weighted by atomic mass is 15.2. The molecular weight excluding hydrogens is 148 g/mol. The van der Waals surface area contributed by atoms with Gasteiger partial charge >= 0.3 is 0 Å². The van der Waals surface area contributed by atoms with Crippen molar-refractivity contribution in [1.29, 1.82) is 0 Å². The van der Waals surface area contributed by atoms with E-state index in [9.17, 15) is 0 Å². The fourth-order valence-corrected chi connectivity index (χ4v) is 1.92. The Balaban J connectivity index is 2.26. The average molecular weight is 170 g/mol. The van der Waals surface area contributed by atoms with Gasteiger partial charge in [-0.05, 0) is 33.0 Å². The van der Waals surface area contributed by atoms with Crippen LogP contribution in [0.4, 0.5) is 0 Å². The maximum Gasteiger partial charge on any atom is 0.0229 e. The number of hydrogen-bond acceptors (Lipinski definition) is 2. The summed E-state index contributed by atoms with van der Waals surface area (Å²) in [5, 5.41) is 0. The van der Waals surface area contributed by atoms with Crippen LogP contribution in [0.2, 0.25) is 0 Å². The first kappa shape index (κ1) is 10.0. The van der Waals surface area contributed by atoms with E-state index in [4.69, 9.17) is 0 Å². The molecule has 0 aliphatic carbocycles. The summed E-state index contributed by atoms with van der Waals surface area (Å²) in [6.07, 6.45) is 1.35. The highest BCUT2D eigenvalue weighted by Crippen LogP contribution is 2.14. The fraction of sp³-hybridized carbons (Fsp3) is 1.00. The highest BCUT2D eigenvalue weighted by molar-refractivity contribution is 4.80. The van der Waals surface area contributed by atoms with Gasteiger partial charge in [-0.1, -0.05) is 13.8 Å². The lowest BCUT2D eigenvalue weighted by molar-refractivity contribution is 0.252. The molecule has 12 heavy (non-hydrogen) atoms. The molecule has 1 aliphatic rings. The molecule has 1 saturated heterocycles. The average Bonchev–Trinajstić information content (AvgIpc) is 2.34. The van der Waals surface area contributed by atoms with Gasteiger partial charge in [-0.25, -0.2) is 0 Å². The van der Waals surface area contributed by atoms with Crippen LogP contribution in [0.15, 0.2) is 0 Å². The van der Waals surface area contributed by atoms with Crippen LogP contribution < -0.4 is 0 Å². The maximum absolute atomic E-state index is 2.58. The normalized spacial score (nSPS) is 26.0. The van der Waals surface area contributed by atoms with Gasteiger partial charge in [0.25, 0.3) is 0 Å². The zero-order chi connectivity index (χ0) is 9.14. The third kappa shape index (κ3) is 2.76. The molecule has 2 heteroatoms. The molecule has 0 radical (unpaired) electrons. The molecule has 0 spiro atoms. The van der Waals surface area contributed by atoms with Gasteiger partial charge in [0.05, 0.1) is 0 Å². The molecule has 2 nitrogen and oxygen atoms in total. The van der Waals surface area contributed by atoms with Crippen LogP contribution in [0.25, 0.3) is 0 Å². The van der Waals surface area contributed by atoms with E-state index in [1.54, 1.807) is 0 Å². The first-order chi connectivity index (χ1) is 5.59. The Morgan fingerprint density at radius 3 is 2.50 bits per heavy atom. The lowest BCUT2D eigenvalue weighted by atomic mass is 10.2. The predicted octanol–water partition coefficient (Wildman–Crippen LogP) is 1.28. The standard InChI is InChI=1S/C10H22N2/c1-9(2)7-12-6-5-10(8-12)11(3)4/h9-10H,5-8H2,1-4H3/t10-/m0/s1. The van der Waals surface area contributed by atoms with Crippen molar-refractivity contribution >= 4 is 0 Å². The Morgan fingerprint density at radius 1 is 1.42 bits per heavy atom. The number of likely N-dealkylation sites (N-methyl/N-ethyl adjacent to an activating group) is 1. The van der Waals surface area contributed by atoms with E-state index in [0.29, 0.717) is 0 Å². The van der Waals surface area contributed by atoms with E-state index in [1.807, 2.05) is 0 Å². The minimum atomic E-state index is 0.795. The minimum Gasteiger partial charge on any atom is -0.305 e. The van der Waals surface area contributed by atoms with E-state index in [-0.39, 0.29) is 0 Å². The molecule has 0 aromatic rings. The van der Waals surface area contributed by atoms with Gasteiger partial charge < -0.3 is 9.80 Å². The lowest BCUT2D eigenvalue weighted by Crippen LogP contribution is -2.32. The molecule has 1 aliphatic heterocycles. The van der Waals surface area contributed by atoms with E-state index in [0.717, 1.165) is 12.0 Å². The number of nitrogens with zero attached hydrogens (tertiary/aromatic N) is 2. The molecule has 0 bridgehead atoms. The van der Waals surface area contributed by atoms with Crippen LogP contribution in [0.3, 0.4) is 0 Å². The van der Waals surface area contributed by atoms with Gasteiger partial charge in [-0.15, -0.1) is 0 Å². The van der Waals surface area contributed by atoms with Crippen LogP contribution in [-0.2, 0) is 0 Å². The summed E-state index contributed by atoms with van der Waals surface area (Å²) in [6.45, 7) is 8.42. The van der Waals surface area contributed by atoms with E-state index >= 15 is 0 Å². The summed E-state index contributed by atoms with van der Waals surface area (Å²) >= 11 is 0. The summed E-state index contributed by atoms with van der Waals surface area (Å²) in [4.78, 5) is 4.93. The third-order valence-electron chi connectivity index (χ3n) is 2.60. The zero-order valence-electron chi connectivity index (χ0n) is 8.88. The Kier molecular flexibility index (Phi) is 3.53. The minimum absolute atomic E-state index is 0.795. The Hall–Kier alpha value is -0.0800. The van der Waals surface area contributed by atoms with Crippen molar-refractivity contribution in [3.05, 3.63) is 0 Å². The zero-order valence-corrected chi connectivity index (χ0v) is 8.88. The monoisotopic (exact) mass is 170 g/mol. The van der Waals surface area contributed by atoms with Crippen molar-refractivity contribution in [1.82, 2.24) is 9.80 Å². The van der Waals surface area contributed by atoms with Gasteiger partial charge in [-0.3, -0.25) is 0 Å². The van der Waals surface area contributed by atoms with Crippen molar-refractivity contribution in [3.8, 4) is 0 Å². The smallest absolute Gasteiger partial charge is 0.0229 e. The Bertz CT molecular complexity index is 132. The van der Waals surface area contributed by atoms with Crippen molar-refractivity contribution in [2.45, 2.75) is 26.3 Å². The number of hydrogen-bond donors (Lipinski definition) is 0. The topological polar surface area (TPSA) is 6.48 Å². The Labute approximate surface area is 76.5 Å². The maximum atomic E-state index is 2.58. The molecular formula is C10H22N2. The van der Waals surface area contributed by atoms with Crippen molar-refractivity contribution < 1.29 is 0 Å². The molecule has 0 unspecified atom stereocenters. The van der Waals surface area contributed by atoms with Crippen molar-refractivity contribution in [2.75, 3.05) is 33.7 Å². The van der Waals surface area contributed by atoms with Gasteiger partial charge in [0.15, 0.2) is 0 Å². The second-order valence-electron chi connectivity index (χ2n) is 4.56. The van der Waals surface area contributed by atoms with Gasteiger partial charge in [0.1, 0.15) is 0 Å². The number of rotatable bonds is 3. The lowest BCUT2D eigenvalue weighted by Gasteiger charge is -2.21. The van der Waals surface area contributed by atoms with Crippen molar-refractivity contribution in [2.24, 2.45) is 5.92 Å². The first-order valence-corrected chi connectivity index (χ1v) is 4.98. The van der Waals surface area contributed by atoms with Crippen molar-refractivity contribution in [3.63, 3.8) is 0 Å². The molecule has 0 amide bonds. The Morgan fingerprint density at radius 2 is 2.08 bits per heavy atom. The summed E-state index contributed by atoms with van der Waals surface area (Å²) in [7, 11) is 4.37. The highest BCUT2D eigenvalue weighted by Gasteiger charge is 2.23. The van der Waals surface area contributed by atoms with Gasteiger partial charge in [-0.2, -0.15) is 0 Å². The van der Waals surface area contributed by atoms with Crippen LogP contribution >= 0.6 is 0 Å². The molecule has 0 aromatic heterocycles. The van der Waals surface area contributed by atoms with E-state index in [1.165, 1.54) is 26.1 Å². The molecule has 72 valence electrons. The van der Waals surface area contributed by atoms with Crippen LogP contribution in [0.5, 0.6) is 0 Å². The molecule has 1 rings (SSSR count). The number of likely N-dealkylation sites (tertiary alicyclic amines) is 1. The third-order valence-corrected chi connectivity index (χ3v) is 2.60. The molecule has 0 N–H and O–H groups in total. The summed E-state index contributed by atoms with van der Waals surface area (Å²) in [5.41, 5.74) is 0. The summed E-state index contributed by atoms with van der Waals surface area (Å²) < 4.78 is 0. The quantitative estimate of drug-likeness (QED) is 0.629. The van der Waals surface area contributed by atoms with E-state index in [2.05, 4.69) is 37.7 Å². The SMILES string of the molecule is CC(C)CN1CC[C@H](N(C)C)C1. The molecule has 1 fully saturated rings. The second-order valence-corrected chi connectivity index (χ2v) is 4.56. The largest absolute Gasteiger partial charge is 0.305 e. The van der Waals surface area contributed by atoms with E-state index < -0.39 is 0 Å². The summed E-state index contributed by atoms with van der Waals surface area (Å²) in [5.74, 6) is 0.811. The fourth-order valence-electron chi connectivity index (χ4n) is 1.92.